The molecule has 0 radical (unpaired) electrons. The van der Waals surface area contributed by atoms with Crippen molar-refractivity contribution in [2.75, 3.05) is 5.32 Å². The van der Waals surface area contributed by atoms with Gasteiger partial charge in [-0.05, 0) is 11.4 Å². The molecule has 80 valence electrons. The molecule has 16 heavy (non-hydrogen) atoms. The Kier molecular flexibility index (Phi) is 2.07. The van der Waals surface area contributed by atoms with E-state index in [4.69, 9.17) is 0 Å². The fourth-order valence-electron chi connectivity index (χ4n) is 1.48. The lowest BCUT2D eigenvalue weighted by Crippen LogP contribution is -1.96. The first kappa shape index (κ1) is 9.29. The number of nitrogens with zero attached hydrogens (tertiary/aromatic N) is 4. The second-order valence-electron chi connectivity index (χ2n) is 3.36. The molecule has 0 bridgehead atoms. The molecule has 0 aliphatic rings. The van der Waals surface area contributed by atoms with Gasteiger partial charge in [0, 0.05) is 19.3 Å². The summed E-state index contributed by atoms with van der Waals surface area (Å²) in [7, 11) is 1.88. The van der Waals surface area contributed by atoms with Crippen molar-refractivity contribution in [2.45, 2.75) is 0 Å². The van der Waals surface area contributed by atoms with Crippen LogP contribution in [0, 0.1) is 0 Å². The summed E-state index contributed by atoms with van der Waals surface area (Å²) in [5.41, 5.74) is 0.957. The fourth-order valence-corrected chi connectivity index (χ4v) is 2.27. The zero-order chi connectivity index (χ0) is 11.0. The Morgan fingerprint density at radius 1 is 1.31 bits per heavy atom. The minimum Gasteiger partial charge on any atom is -0.322 e. The Bertz CT molecular complexity index is 627. The standard InChI is InChI=1S/C10H9N5S/c1-15-4-2-8(14-15)13-10-9-7(3-5-16-9)11-6-12-10/h2-6H,1H3,(H,11,12,13,14). The van der Waals surface area contributed by atoms with Gasteiger partial charge in [0.25, 0.3) is 0 Å². The molecule has 3 rings (SSSR count). The van der Waals surface area contributed by atoms with E-state index in [0.717, 1.165) is 21.9 Å². The molecule has 0 aliphatic carbocycles. The first-order chi connectivity index (χ1) is 7.83. The molecule has 0 amide bonds. The monoisotopic (exact) mass is 231 g/mol. The molecule has 0 fully saturated rings. The lowest BCUT2D eigenvalue weighted by atomic mass is 10.4. The molecule has 0 aliphatic heterocycles. The molecule has 0 unspecified atom stereocenters. The maximum absolute atomic E-state index is 4.25. The van der Waals surface area contributed by atoms with Crippen LogP contribution in [0.2, 0.25) is 0 Å². The second kappa shape index (κ2) is 3.57. The summed E-state index contributed by atoms with van der Waals surface area (Å²) >= 11 is 1.62. The van der Waals surface area contributed by atoms with Crippen molar-refractivity contribution in [2.24, 2.45) is 7.05 Å². The molecule has 0 saturated heterocycles. The Hall–Kier alpha value is -1.95. The van der Waals surface area contributed by atoms with E-state index >= 15 is 0 Å². The summed E-state index contributed by atoms with van der Waals surface area (Å²) < 4.78 is 2.79. The van der Waals surface area contributed by atoms with Crippen LogP contribution < -0.4 is 5.32 Å². The van der Waals surface area contributed by atoms with Crippen LogP contribution in [0.15, 0.2) is 30.0 Å². The summed E-state index contributed by atoms with van der Waals surface area (Å²) in [6.45, 7) is 0. The van der Waals surface area contributed by atoms with E-state index in [1.165, 1.54) is 0 Å². The van der Waals surface area contributed by atoms with Crippen LogP contribution in [0.5, 0.6) is 0 Å². The lowest BCUT2D eigenvalue weighted by Gasteiger charge is -2.01. The third-order valence-corrected chi connectivity index (χ3v) is 3.11. The van der Waals surface area contributed by atoms with E-state index in [9.17, 15) is 0 Å². The molecule has 0 aromatic carbocycles. The lowest BCUT2D eigenvalue weighted by molar-refractivity contribution is 0.771. The van der Waals surface area contributed by atoms with Crippen molar-refractivity contribution in [3.05, 3.63) is 30.0 Å². The van der Waals surface area contributed by atoms with Gasteiger partial charge in [-0.1, -0.05) is 0 Å². The van der Waals surface area contributed by atoms with Crippen molar-refractivity contribution >= 4 is 33.2 Å². The molecular weight excluding hydrogens is 222 g/mol. The average molecular weight is 231 g/mol. The SMILES string of the molecule is Cn1ccc(Nc2ncnc3ccsc23)n1. The minimum absolute atomic E-state index is 0.788. The van der Waals surface area contributed by atoms with E-state index in [1.54, 1.807) is 22.3 Å². The van der Waals surface area contributed by atoms with Crippen LogP contribution in [-0.4, -0.2) is 19.7 Å². The van der Waals surface area contributed by atoms with E-state index in [1.807, 2.05) is 30.8 Å². The van der Waals surface area contributed by atoms with Crippen LogP contribution in [0.25, 0.3) is 10.2 Å². The summed E-state index contributed by atoms with van der Waals surface area (Å²) in [5, 5.41) is 9.43. The highest BCUT2D eigenvalue weighted by Crippen LogP contribution is 2.26. The predicted octanol–water partition coefficient (Wildman–Crippen LogP) is 2.17. The van der Waals surface area contributed by atoms with Crippen LogP contribution >= 0.6 is 11.3 Å². The number of aromatic nitrogens is 4. The Morgan fingerprint density at radius 3 is 3.06 bits per heavy atom. The van der Waals surface area contributed by atoms with Gasteiger partial charge in [0.15, 0.2) is 11.6 Å². The van der Waals surface area contributed by atoms with Gasteiger partial charge < -0.3 is 5.32 Å². The Labute approximate surface area is 95.8 Å². The second-order valence-corrected chi connectivity index (χ2v) is 4.27. The normalized spacial score (nSPS) is 10.8. The first-order valence-corrected chi connectivity index (χ1v) is 5.66. The van der Waals surface area contributed by atoms with Crippen molar-refractivity contribution in [3.8, 4) is 0 Å². The maximum Gasteiger partial charge on any atom is 0.153 e. The summed E-state index contributed by atoms with van der Waals surface area (Å²) in [6.07, 6.45) is 3.44. The van der Waals surface area contributed by atoms with Gasteiger partial charge in [-0.25, -0.2) is 9.97 Å². The van der Waals surface area contributed by atoms with Crippen molar-refractivity contribution in [1.82, 2.24) is 19.7 Å². The van der Waals surface area contributed by atoms with Gasteiger partial charge in [-0.15, -0.1) is 11.3 Å². The molecule has 0 saturated carbocycles. The van der Waals surface area contributed by atoms with Gasteiger partial charge in [-0.2, -0.15) is 5.10 Å². The molecule has 6 heteroatoms. The predicted molar refractivity (Wildman–Crippen MR) is 63.9 cm³/mol. The summed E-state index contributed by atoms with van der Waals surface area (Å²) in [4.78, 5) is 8.40. The quantitative estimate of drug-likeness (QED) is 0.734. The molecule has 3 aromatic heterocycles. The number of nitrogens with one attached hydrogen (secondary N) is 1. The molecule has 0 spiro atoms. The largest absolute Gasteiger partial charge is 0.322 e. The third kappa shape index (κ3) is 1.53. The zero-order valence-corrected chi connectivity index (χ0v) is 9.40. The van der Waals surface area contributed by atoms with E-state index in [-0.39, 0.29) is 0 Å². The summed E-state index contributed by atoms with van der Waals surface area (Å²) in [6, 6.07) is 3.88. The number of anilines is 2. The highest BCUT2D eigenvalue weighted by atomic mass is 32.1. The number of thiophene rings is 1. The number of hydrogen-bond acceptors (Lipinski definition) is 5. The van der Waals surface area contributed by atoms with E-state index < -0.39 is 0 Å². The Balaban J connectivity index is 2.03. The fraction of sp³-hybridized carbons (Fsp3) is 0.100. The van der Waals surface area contributed by atoms with Gasteiger partial charge in [0.05, 0.1) is 10.2 Å². The number of aryl methyl sites for hydroxylation is 1. The molecule has 5 nitrogen and oxygen atoms in total. The van der Waals surface area contributed by atoms with Crippen LogP contribution in [-0.2, 0) is 7.05 Å². The molecular formula is C10H9N5S. The first-order valence-electron chi connectivity index (χ1n) is 4.78. The number of hydrogen-bond donors (Lipinski definition) is 1. The van der Waals surface area contributed by atoms with Gasteiger partial charge in [0.1, 0.15) is 6.33 Å². The van der Waals surface area contributed by atoms with Crippen LogP contribution in [0.4, 0.5) is 11.6 Å². The van der Waals surface area contributed by atoms with Crippen molar-refractivity contribution < 1.29 is 0 Å². The molecule has 1 N–H and O–H groups in total. The van der Waals surface area contributed by atoms with Crippen LogP contribution in [0.3, 0.4) is 0 Å². The highest BCUT2D eigenvalue weighted by molar-refractivity contribution is 7.17. The topological polar surface area (TPSA) is 55.6 Å². The third-order valence-electron chi connectivity index (χ3n) is 2.20. The van der Waals surface area contributed by atoms with Gasteiger partial charge in [-0.3, -0.25) is 4.68 Å². The molecule has 3 heterocycles. The molecule has 3 aromatic rings. The van der Waals surface area contributed by atoms with Gasteiger partial charge in [0.2, 0.25) is 0 Å². The van der Waals surface area contributed by atoms with Gasteiger partial charge >= 0.3 is 0 Å². The average Bonchev–Trinajstić information content (AvgIpc) is 2.87. The highest BCUT2D eigenvalue weighted by Gasteiger charge is 2.05. The van der Waals surface area contributed by atoms with E-state index in [0.29, 0.717) is 0 Å². The maximum atomic E-state index is 4.25. The smallest absolute Gasteiger partial charge is 0.153 e. The van der Waals surface area contributed by atoms with Crippen LogP contribution in [0.1, 0.15) is 0 Å². The minimum atomic E-state index is 0.788. The van der Waals surface area contributed by atoms with Crippen molar-refractivity contribution in [3.63, 3.8) is 0 Å². The molecule has 0 atom stereocenters. The Morgan fingerprint density at radius 2 is 2.25 bits per heavy atom. The summed E-state index contributed by atoms with van der Waals surface area (Å²) in [5.74, 6) is 1.59. The van der Waals surface area contributed by atoms with Crippen molar-refractivity contribution in [1.29, 1.82) is 0 Å². The zero-order valence-electron chi connectivity index (χ0n) is 8.58. The van der Waals surface area contributed by atoms with E-state index in [2.05, 4.69) is 20.4 Å². The number of rotatable bonds is 2. The number of fused-ring (bicyclic) bond motifs is 1.